The van der Waals surface area contributed by atoms with Crippen molar-refractivity contribution in [3.05, 3.63) is 30.1 Å². The van der Waals surface area contributed by atoms with Crippen LogP contribution in [0.5, 0.6) is 0 Å². The summed E-state index contributed by atoms with van der Waals surface area (Å²) in [5, 5.41) is 3.50. The van der Waals surface area contributed by atoms with Crippen molar-refractivity contribution in [2.24, 2.45) is 0 Å². The largest absolute Gasteiger partial charge is 0.379 e. The number of hydrogen-bond acceptors (Lipinski definition) is 4. The molecule has 1 atom stereocenters. The standard InChI is InChI=1S/C13H21N3O/c1-12(13-4-2-3-5-15-13)14-6-7-16-8-10-17-11-9-16/h2-5,12,14H,6-11H2,1H3. The molecule has 4 heteroatoms. The van der Waals surface area contributed by atoms with Gasteiger partial charge in [0.05, 0.1) is 18.9 Å². The maximum atomic E-state index is 5.32. The molecule has 2 rings (SSSR count). The highest BCUT2D eigenvalue weighted by Gasteiger charge is 2.10. The van der Waals surface area contributed by atoms with E-state index < -0.39 is 0 Å². The summed E-state index contributed by atoms with van der Waals surface area (Å²) in [5.74, 6) is 0. The highest BCUT2D eigenvalue weighted by atomic mass is 16.5. The minimum Gasteiger partial charge on any atom is -0.379 e. The Kier molecular flexibility index (Phi) is 4.91. The average molecular weight is 235 g/mol. The Morgan fingerprint density at radius 2 is 2.24 bits per heavy atom. The number of rotatable bonds is 5. The predicted molar refractivity (Wildman–Crippen MR) is 67.9 cm³/mol. The smallest absolute Gasteiger partial charge is 0.0594 e. The van der Waals surface area contributed by atoms with Crippen molar-refractivity contribution in [1.29, 1.82) is 0 Å². The first-order valence-corrected chi connectivity index (χ1v) is 6.30. The molecule has 4 nitrogen and oxygen atoms in total. The topological polar surface area (TPSA) is 37.4 Å². The lowest BCUT2D eigenvalue weighted by Gasteiger charge is -2.27. The zero-order valence-electron chi connectivity index (χ0n) is 10.4. The van der Waals surface area contributed by atoms with E-state index in [-0.39, 0.29) is 0 Å². The SMILES string of the molecule is CC(NCCN1CCOCC1)c1ccccn1. The lowest BCUT2D eigenvalue weighted by molar-refractivity contribution is 0.0382. The normalized spacial score (nSPS) is 19.1. The van der Waals surface area contributed by atoms with E-state index in [9.17, 15) is 0 Å². The van der Waals surface area contributed by atoms with Crippen LogP contribution in [0, 0.1) is 0 Å². The second-order valence-electron chi connectivity index (χ2n) is 4.38. The summed E-state index contributed by atoms with van der Waals surface area (Å²) < 4.78 is 5.32. The molecule has 0 saturated carbocycles. The van der Waals surface area contributed by atoms with Crippen molar-refractivity contribution >= 4 is 0 Å². The molecule has 1 aromatic heterocycles. The quantitative estimate of drug-likeness (QED) is 0.828. The summed E-state index contributed by atoms with van der Waals surface area (Å²) >= 11 is 0. The molecule has 1 aliphatic rings. The lowest BCUT2D eigenvalue weighted by atomic mass is 10.2. The third-order valence-electron chi connectivity index (χ3n) is 3.11. The van der Waals surface area contributed by atoms with Crippen LogP contribution < -0.4 is 5.32 Å². The summed E-state index contributed by atoms with van der Waals surface area (Å²) in [7, 11) is 0. The average Bonchev–Trinajstić information content (AvgIpc) is 2.41. The van der Waals surface area contributed by atoms with Crippen molar-refractivity contribution in [3.8, 4) is 0 Å². The highest BCUT2D eigenvalue weighted by Crippen LogP contribution is 2.07. The second-order valence-corrected chi connectivity index (χ2v) is 4.38. The van der Waals surface area contributed by atoms with E-state index in [4.69, 9.17) is 4.74 Å². The van der Waals surface area contributed by atoms with Crippen LogP contribution >= 0.6 is 0 Å². The van der Waals surface area contributed by atoms with Crippen molar-refractivity contribution in [3.63, 3.8) is 0 Å². The van der Waals surface area contributed by atoms with Crippen molar-refractivity contribution in [1.82, 2.24) is 15.2 Å². The molecule has 1 aromatic rings. The molecule has 1 fully saturated rings. The van der Waals surface area contributed by atoms with Gasteiger partial charge in [-0.05, 0) is 19.1 Å². The first-order chi connectivity index (χ1) is 8.36. The van der Waals surface area contributed by atoms with Gasteiger partial charge < -0.3 is 10.1 Å². The molecule has 1 saturated heterocycles. The van der Waals surface area contributed by atoms with Crippen LogP contribution in [0.2, 0.25) is 0 Å². The van der Waals surface area contributed by atoms with Crippen LogP contribution in [0.15, 0.2) is 24.4 Å². The van der Waals surface area contributed by atoms with E-state index in [0.717, 1.165) is 45.1 Å². The fraction of sp³-hybridized carbons (Fsp3) is 0.615. The monoisotopic (exact) mass is 235 g/mol. The van der Waals surface area contributed by atoms with Gasteiger partial charge >= 0.3 is 0 Å². The Morgan fingerprint density at radius 3 is 2.94 bits per heavy atom. The third kappa shape index (κ3) is 4.07. The van der Waals surface area contributed by atoms with Gasteiger partial charge in [-0.15, -0.1) is 0 Å². The van der Waals surface area contributed by atoms with E-state index in [1.54, 1.807) is 0 Å². The summed E-state index contributed by atoms with van der Waals surface area (Å²) in [6.07, 6.45) is 1.84. The van der Waals surface area contributed by atoms with E-state index in [1.165, 1.54) is 0 Å². The molecule has 0 aliphatic carbocycles. The van der Waals surface area contributed by atoms with Gasteiger partial charge in [0.1, 0.15) is 0 Å². The fourth-order valence-corrected chi connectivity index (χ4v) is 2.00. The van der Waals surface area contributed by atoms with Crippen molar-refractivity contribution in [2.45, 2.75) is 13.0 Å². The molecule has 0 aromatic carbocycles. The zero-order chi connectivity index (χ0) is 11.9. The first-order valence-electron chi connectivity index (χ1n) is 6.30. The minimum atomic E-state index is 0.317. The van der Waals surface area contributed by atoms with Crippen LogP contribution in [0.25, 0.3) is 0 Å². The summed E-state index contributed by atoms with van der Waals surface area (Å²) in [4.78, 5) is 6.78. The van der Waals surface area contributed by atoms with Gasteiger partial charge in [0, 0.05) is 38.4 Å². The minimum absolute atomic E-state index is 0.317. The number of pyridine rings is 1. The summed E-state index contributed by atoms with van der Waals surface area (Å²) in [5.41, 5.74) is 1.11. The van der Waals surface area contributed by atoms with Gasteiger partial charge in [0.15, 0.2) is 0 Å². The molecule has 94 valence electrons. The van der Waals surface area contributed by atoms with E-state index in [1.807, 2.05) is 18.3 Å². The van der Waals surface area contributed by atoms with Gasteiger partial charge in [-0.1, -0.05) is 6.07 Å². The molecule has 1 aliphatic heterocycles. The van der Waals surface area contributed by atoms with Gasteiger partial charge in [0.2, 0.25) is 0 Å². The number of nitrogens with one attached hydrogen (secondary N) is 1. The number of ether oxygens (including phenoxy) is 1. The molecule has 0 spiro atoms. The number of aromatic nitrogens is 1. The van der Waals surface area contributed by atoms with Crippen molar-refractivity contribution in [2.75, 3.05) is 39.4 Å². The van der Waals surface area contributed by atoms with E-state index >= 15 is 0 Å². The molecular weight excluding hydrogens is 214 g/mol. The van der Waals surface area contributed by atoms with Gasteiger partial charge in [-0.2, -0.15) is 0 Å². The van der Waals surface area contributed by atoms with Crippen LogP contribution in [-0.4, -0.2) is 49.3 Å². The molecule has 0 radical (unpaired) electrons. The van der Waals surface area contributed by atoms with Crippen molar-refractivity contribution < 1.29 is 4.74 Å². The van der Waals surface area contributed by atoms with E-state index in [0.29, 0.717) is 6.04 Å². The Balaban J connectivity index is 1.67. The molecule has 0 amide bonds. The molecule has 1 unspecified atom stereocenters. The Morgan fingerprint density at radius 1 is 1.41 bits per heavy atom. The molecule has 17 heavy (non-hydrogen) atoms. The molecule has 2 heterocycles. The number of hydrogen-bond donors (Lipinski definition) is 1. The first kappa shape index (κ1) is 12.5. The Hall–Kier alpha value is -0.970. The fourth-order valence-electron chi connectivity index (χ4n) is 2.00. The summed E-state index contributed by atoms with van der Waals surface area (Å²) in [6.45, 7) is 8.09. The predicted octanol–water partition coefficient (Wildman–Crippen LogP) is 1.06. The maximum absolute atomic E-state index is 5.32. The van der Waals surface area contributed by atoms with Gasteiger partial charge in [-0.3, -0.25) is 9.88 Å². The van der Waals surface area contributed by atoms with Gasteiger partial charge in [0.25, 0.3) is 0 Å². The molecule has 0 bridgehead atoms. The van der Waals surface area contributed by atoms with E-state index in [2.05, 4.69) is 28.2 Å². The maximum Gasteiger partial charge on any atom is 0.0594 e. The molecular formula is C13H21N3O. The van der Waals surface area contributed by atoms with Gasteiger partial charge in [-0.25, -0.2) is 0 Å². The Bertz CT molecular complexity index is 312. The number of nitrogens with zero attached hydrogens (tertiary/aromatic N) is 2. The van der Waals surface area contributed by atoms with Crippen LogP contribution in [0.3, 0.4) is 0 Å². The zero-order valence-corrected chi connectivity index (χ0v) is 10.4. The highest BCUT2D eigenvalue weighted by molar-refractivity contribution is 5.07. The third-order valence-corrected chi connectivity index (χ3v) is 3.11. The van der Waals surface area contributed by atoms with Crippen LogP contribution in [-0.2, 0) is 4.74 Å². The van der Waals surface area contributed by atoms with Crippen LogP contribution in [0.4, 0.5) is 0 Å². The summed E-state index contributed by atoms with van der Waals surface area (Å²) in [6, 6.07) is 6.36. The molecule has 1 N–H and O–H groups in total. The number of morpholine rings is 1. The Labute approximate surface area is 103 Å². The van der Waals surface area contributed by atoms with Crippen LogP contribution in [0.1, 0.15) is 18.7 Å². The lowest BCUT2D eigenvalue weighted by Crippen LogP contribution is -2.40. The second kappa shape index (κ2) is 6.69.